The fraction of sp³-hybridized carbons (Fsp3) is 0.533. The summed E-state index contributed by atoms with van der Waals surface area (Å²) in [5.74, 6) is -0.324. The predicted molar refractivity (Wildman–Crippen MR) is 74.0 cm³/mol. The molecule has 3 nitrogen and oxygen atoms in total. The second kappa shape index (κ2) is 6.05. The third-order valence-electron chi connectivity index (χ3n) is 4.03. The highest BCUT2D eigenvalue weighted by Gasteiger charge is 2.37. The second-order valence-corrected chi connectivity index (χ2v) is 5.46. The lowest BCUT2D eigenvalue weighted by atomic mass is 9.93. The minimum absolute atomic E-state index is 0.214. The number of halogens is 3. The van der Waals surface area contributed by atoms with Crippen LogP contribution in [0.4, 0.5) is 13.2 Å². The van der Waals surface area contributed by atoms with E-state index in [9.17, 15) is 18.0 Å². The standard InChI is InChI=1S/C15H19F3N2O/c1-10-9-20(8-7-13(10)19-2)14(21)11-5-3-4-6-12(11)15(16,17)18/h3-6,10,13,19H,7-9H2,1-2H3. The van der Waals surface area contributed by atoms with Gasteiger partial charge in [0.1, 0.15) is 0 Å². The quantitative estimate of drug-likeness (QED) is 0.911. The summed E-state index contributed by atoms with van der Waals surface area (Å²) in [6.07, 6.45) is -3.77. The van der Waals surface area contributed by atoms with Gasteiger partial charge in [-0.15, -0.1) is 0 Å². The molecular weight excluding hydrogens is 281 g/mol. The largest absolute Gasteiger partial charge is 0.417 e. The minimum atomic E-state index is -4.51. The first-order valence-electron chi connectivity index (χ1n) is 6.97. The first kappa shape index (κ1) is 15.8. The van der Waals surface area contributed by atoms with E-state index < -0.39 is 17.6 Å². The zero-order chi connectivity index (χ0) is 15.6. The van der Waals surface area contributed by atoms with Gasteiger partial charge in [-0.2, -0.15) is 13.2 Å². The van der Waals surface area contributed by atoms with Gasteiger partial charge in [-0.05, 0) is 31.5 Å². The molecule has 0 aliphatic carbocycles. The molecule has 1 heterocycles. The maximum Gasteiger partial charge on any atom is 0.417 e. The first-order valence-corrected chi connectivity index (χ1v) is 6.97. The highest BCUT2D eigenvalue weighted by atomic mass is 19.4. The van der Waals surface area contributed by atoms with Crippen LogP contribution in [0.5, 0.6) is 0 Å². The number of alkyl halides is 3. The number of benzene rings is 1. The summed E-state index contributed by atoms with van der Waals surface area (Å²) in [4.78, 5) is 13.9. The molecule has 0 bridgehead atoms. The van der Waals surface area contributed by atoms with Crippen molar-refractivity contribution in [3.8, 4) is 0 Å². The lowest BCUT2D eigenvalue weighted by molar-refractivity contribution is -0.138. The molecule has 0 saturated carbocycles. The Labute approximate surface area is 122 Å². The van der Waals surface area contributed by atoms with Crippen LogP contribution < -0.4 is 5.32 Å². The lowest BCUT2D eigenvalue weighted by Crippen LogP contribution is -2.49. The molecule has 116 valence electrons. The van der Waals surface area contributed by atoms with Gasteiger partial charge in [-0.3, -0.25) is 4.79 Å². The molecule has 0 spiro atoms. The van der Waals surface area contributed by atoms with E-state index in [4.69, 9.17) is 0 Å². The van der Waals surface area contributed by atoms with Crippen LogP contribution in [0.25, 0.3) is 0 Å². The highest BCUT2D eigenvalue weighted by molar-refractivity contribution is 5.96. The molecule has 2 atom stereocenters. The molecule has 0 aromatic heterocycles. The molecule has 1 N–H and O–H groups in total. The van der Waals surface area contributed by atoms with Gasteiger partial charge in [0.25, 0.3) is 5.91 Å². The number of nitrogens with one attached hydrogen (secondary N) is 1. The van der Waals surface area contributed by atoms with Gasteiger partial charge >= 0.3 is 6.18 Å². The smallest absolute Gasteiger partial charge is 0.338 e. The molecule has 0 radical (unpaired) electrons. The van der Waals surface area contributed by atoms with E-state index in [-0.39, 0.29) is 11.5 Å². The summed E-state index contributed by atoms with van der Waals surface area (Å²) in [6, 6.07) is 5.27. The number of hydrogen-bond acceptors (Lipinski definition) is 2. The number of nitrogens with zero attached hydrogens (tertiary/aromatic N) is 1. The van der Waals surface area contributed by atoms with E-state index in [1.54, 1.807) is 0 Å². The van der Waals surface area contributed by atoms with Crippen molar-refractivity contribution in [2.75, 3.05) is 20.1 Å². The number of piperidine rings is 1. The molecule has 1 aromatic carbocycles. The minimum Gasteiger partial charge on any atom is -0.338 e. The zero-order valence-corrected chi connectivity index (χ0v) is 12.1. The van der Waals surface area contributed by atoms with Crippen molar-refractivity contribution in [3.63, 3.8) is 0 Å². The molecule has 1 saturated heterocycles. The zero-order valence-electron chi connectivity index (χ0n) is 12.1. The van der Waals surface area contributed by atoms with Gasteiger partial charge in [0, 0.05) is 19.1 Å². The molecule has 1 amide bonds. The number of carbonyl (C=O) groups excluding carboxylic acids is 1. The van der Waals surface area contributed by atoms with Crippen LogP contribution in [-0.2, 0) is 6.18 Å². The monoisotopic (exact) mass is 300 g/mol. The Morgan fingerprint density at radius 2 is 2.00 bits per heavy atom. The Hall–Kier alpha value is -1.56. The fourth-order valence-corrected chi connectivity index (χ4v) is 2.85. The molecule has 1 fully saturated rings. The van der Waals surface area contributed by atoms with Crippen molar-refractivity contribution < 1.29 is 18.0 Å². The van der Waals surface area contributed by atoms with Crippen molar-refractivity contribution >= 4 is 5.91 Å². The molecule has 1 aliphatic rings. The number of amides is 1. The van der Waals surface area contributed by atoms with E-state index >= 15 is 0 Å². The van der Waals surface area contributed by atoms with Crippen molar-refractivity contribution in [1.29, 1.82) is 0 Å². The maximum atomic E-state index is 13.0. The Bertz CT molecular complexity index is 516. The SMILES string of the molecule is CNC1CCN(C(=O)c2ccccc2C(F)(F)F)CC1C. The average Bonchev–Trinajstić information content (AvgIpc) is 2.45. The van der Waals surface area contributed by atoms with Gasteiger partial charge in [-0.25, -0.2) is 0 Å². The van der Waals surface area contributed by atoms with E-state index in [1.165, 1.54) is 23.1 Å². The molecular formula is C15H19F3N2O. The molecule has 2 rings (SSSR count). The van der Waals surface area contributed by atoms with Gasteiger partial charge in [0.05, 0.1) is 11.1 Å². The van der Waals surface area contributed by atoms with Gasteiger partial charge in [-0.1, -0.05) is 19.1 Å². The average molecular weight is 300 g/mol. The summed E-state index contributed by atoms with van der Waals surface area (Å²) in [6.45, 7) is 2.94. The van der Waals surface area contributed by atoms with E-state index in [2.05, 4.69) is 5.32 Å². The van der Waals surface area contributed by atoms with Gasteiger partial charge < -0.3 is 10.2 Å². The number of rotatable bonds is 2. The highest BCUT2D eigenvalue weighted by Crippen LogP contribution is 2.32. The number of carbonyl (C=O) groups is 1. The summed E-state index contributed by atoms with van der Waals surface area (Å²) < 4.78 is 39.0. The summed E-state index contributed by atoms with van der Waals surface area (Å²) in [5, 5.41) is 3.17. The third-order valence-corrected chi connectivity index (χ3v) is 4.03. The summed E-state index contributed by atoms with van der Waals surface area (Å²) in [5.41, 5.74) is -1.13. The third kappa shape index (κ3) is 3.37. The summed E-state index contributed by atoms with van der Waals surface area (Å²) in [7, 11) is 1.86. The summed E-state index contributed by atoms with van der Waals surface area (Å²) >= 11 is 0. The van der Waals surface area contributed by atoms with Crippen LogP contribution in [0.3, 0.4) is 0 Å². The molecule has 1 aromatic rings. The molecule has 6 heteroatoms. The lowest BCUT2D eigenvalue weighted by Gasteiger charge is -2.37. The normalized spacial score (nSPS) is 23.2. The fourth-order valence-electron chi connectivity index (χ4n) is 2.85. The Kier molecular flexibility index (Phi) is 4.56. The van der Waals surface area contributed by atoms with E-state index in [0.717, 1.165) is 12.5 Å². The number of hydrogen-bond donors (Lipinski definition) is 1. The number of likely N-dealkylation sites (tertiary alicyclic amines) is 1. The van der Waals surface area contributed by atoms with Crippen molar-refractivity contribution in [2.24, 2.45) is 5.92 Å². The molecule has 2 unspecified atom stereocenters. The predicted octanol–water partition coefficient (Wildman–Crippen LogP) is 2.78. The Morgan fingerprint density at radius 1 is 1.33 bits per heavy atom. The molecule has 1 aliphatic heterocycles. The van der Waals surface area contributed by atoms with Crippen LogP contribution in [0.1, 0.15) is 29.3 Å². The van der Waals surface area contributed by atoms with Crippen molar-refractivity contribution in [2.45, 2.75) is 25.6 Å². The van der Waals surface area contributed by atoms with Crippen LogP contribution >= 0.6 is 0 Å². The Morgan fingerprint density at radius 3 is 2.57 bits per heavy atom. The first-order chi connectivity index (χ1) is 9.84. The maximum absolute atomic E-state index is 13.0. The van der Waals surface area contributed by atoms with Crippen LogP contribution in [0, 0.1) is 5.92 Å². The van der Waals surface area contributed by atoms with Crippen molar-refractivity contribution in [3.05, 3.63) is 35.4 Å². The van der Waals surface area contributed by atoms with Crippen molar-refractivity contribution in [1.82, 2.24) is 10.2 Å². The topological polar surface area (TPSA) is 32.3 Å². The van der Waals surface area contributed by atoms with Crippen LogP contribution in [0.15, 0.2) is 24.3 Å². The van der Waals surface area contributed by atoms with E-state index in [0.29, 0.717) is 19.1 Å². The van der Waals surface area contributed by atoms with Gasteiger partial charge in [0.15, 0.2) is 0 Å². The van der Waals surface area contributed by atoms with Crippen LogP contribution in [-0.4, -0.2) is 37.0 Å². The van der Waals surface area contributed by atoms with Crippen LogP contribution in [0.2, 0.25) is 0 Å². The molecule has 21 heavy (non-hydrogen) atoms. The Balaban J connectivity index is 2.22. The second-order valence-electron chi connectivity index (χ2n) is 5.46. The van der Waals surface area contributed by atoms with Gasteiger partial charge in [0.2, 0.25) is 0 Å². The van der Waals surface area contributed by atoms with E-state index in [1.807, 2.05) is 14.0 Å².